The Bertz CT molecular complexity index is 934. The lowest BCUT2D eigenvalue weighted by Gasteiger charge is -2.32. The van der Waals surface area contributed by atoms with Crippen LogP contribution in [0.2, 0.25) is 0 Å². The topological polar surface area (TPSA) is 67.5 Å². The second-order valence-corrected chi connectivity index (χ2v) is 6.78. The van der Waals surface area contributed by atoms with Gasteiger partial charge in [0.05, 0.1) is 35.2 Å². The number of piperidine rings is 1. The van der Waals surface area contributed by atoms with Gasteiger partial charge in [0.15, 0.2) is 0 Å². The highest BCUT2D eigenvalue weighted by atomic mass is 16.2. The van der Waals surface area contributed by atoms with Gasteiger partial charge in [0.2, 0.25) is 0 Å². The number of pyridine rings is 1. The number of hydrogen-bond donors (Lipinski definition) is 1. The normalized spacial score (nSPS) is 18.0. The third-order valence-corrected chi connectivity index (χ3v) is 5.35. The Hall–Kier alpha value is -2.67. The third-order valence-electron chi connectivity index (χ3n) is 5.35. The molecule has 1 N–H and O–H groups in total. The van der Waals surface area contributed by atoms with Gasteiger partial charge in [-0.2, -0.15) is 10.2 Å². The summed E-state index contributed by atoms with van der Waals surface area (Å²) < 4.78 is 3.92. The summed E-state index contributed by atoms with van der Waals surface area (Å²) in [5.41, 5.74) is 4.17. The molecule has 2 aliphatic rings. The second-order valence-electron chi connectivity index (χ2n) is 6.78. The van der Waals surface area contributed by atoms with Gasteiger partial charge in [-0.1, -0.05) is 6.07 Å². The molecule has 3 aromatic rings. The number of fused-ring (bicyclic) bond motifs is 2. The van der Waals surface area contributed by atoms with E-state index >= 15 is 0 Å². The van der Waals surface area contributed by atoms with E-state index in [0.29, 0.717) is 11.6 Å². The van der Waals surface area contributed by atoms with Crippen molar-refractivity contribution in [1.29, 1.82) is 0 Å². The summed E-state index contributed by atoms with van der Waals surface area (Å²) in [5.74, 6) is 0.0759. The molecule has 0 aliphatic carbocycles. The fourth-order valence-electron chi connectivity index (χ4n) is 3.98. The highest BCUT2D eigenvalue weighted by Gasteiger charge is 2.29. The minimum atomic E-state index is 0.0759. The van der Waals surface area contributed by atoms with Crippen LogP contribution >= 0.6 is 0 Å². The van der Waals surface area contributed by atoms with Gasteiger partial charge >= 0.3 is 0 Å². The number of carbonyl (C=O) groups excluding carboxylic acids is 1. The van der Waals surface area contributed by atoms with E-state index in [2.05, 4.69) is 20.2 Å². The molecule has 128 valence electrons. The second kappa shape index (κ2) is 5.70. The van der Waals surface area contributed by atoms with Gasteiger partial charge in [-0.25, -0.2) is 4.52 Å². The zero-order valence-electron chi connectivity index (χ0n) is 13.9. The SMILES string of the molecule is O=C(c1cnn2ccccc12)N1CCC(n2ncc3c2CNC3)CC1. The largest absolute Gasteiger partial charge is 0.338 e. The maximum atomic E-state index is 12.9. The van der Waals surface area contributed by atoms with Crippen LogP contribution < -0.4 is 5.32 Å². The average Bonchev–Trinajstić information content (AvgIpc) is 3.36. The Morgan fingerprint density at radius 3 is 2.88 bits per heavy atom. The number of hydrogen-bond acceptors (Lipinski definition) is 4. The molecule has 3 aromatic heterocycles. The molecule has 0 aromatic carbocycles. The number of carbonyl (C=O) groups is 1. The summed E-state index contributed by atoms with van der Waals surface area (Å²) >= 11 is 0. The van der Waals surface area contributed by atoms with E-state index in [1.807, 2.05) is 35.5 Å². The zero-order valence-corrected chi connectivity index (χ0v) is 13.9. The van der Waals surface area contributed by atoms with E-state index in [4.69, 9.17) is 0 Å². The van der Waals surface area contributed by atoms with Crippen LogP contribution in [0.25, 0.3) is 5.52 Å². The molecule has 0 spiro atoms. The first kappa shape index (κ1) is 14.7. The zero-order chi connectivity index (χ0) is 16.8. The molecule has 0 radical (unpaired) electrons. The molecule has 0 atom stereocenters. The van der Waals surface area contributed by atoms with Crippen LogP contribution in [-0.4, -0.2) is 43.3 Å². The van der Waals surface area contributed by atoms with Crippen molar-refractivity contribution >= 4 is 11.4 Å². The first-order valence-corrected chi connectivity index (χ1v) is 8.79. The highest BCUT2D eigenvalue weighted by Crippen LogP contribution is 2.27. The lowest BCUT2D eigenvalue weighted by molar-refractivity contribution is 0.0691. The molecule has 1 amide bonds. The minimum Gasteiger partial charge on any atom is -0.338 e. The fraction of sp³-hybridized carbons (Fsp3) is 0.389. The summed E-state index contributed by atoms with van der Waals surface area (Å²) in [6.45, 7) is 3.34. The number of nitrogens with one attached hydrogen (secondary N) is 1. The third kappa shape index (κ3) is 2.34. The van der Waals surface area contributed by atoms with Gasteiger partial charge in [-0.05, 0) is 25.0 Å². The van der Waals surface area contributed by atoms with E-state index < -0.39 is 0 Å². The van der Waals surface area contributed by atoms with E-state index in [0.717, 1.165) is 44.5 Å². The molecule has 7 heteroatoms. The van der Waals surface area contributed by atoms with Gasteiger partial charge < -0.3 is 10.2 Å². The molecule has 1 saturated heterocycles. The van der Waals surface area contributed by atoms with Crippen molar-refractivity contribution in [3.8, 4) is 0 Å². The molecule has 5 rings (SSSR count). The number of amides is 1. The number of likely N-dealkylation sites (tertiary alicyclic amines) is 1. The van der Waals surface area contributed by atoms with Gasteiger partial charge in [0, 0.05) is 37.9 Å². The van der Waals surface area contributed by atoms with Crippen molar-refractivity contribution in [2.24, 2.45) is 0 Å². The van der Waals surface area contributed by atoms with Gasteiger partial charge in [-0.3, -0.25) is 9.48 Å². The quantitative estimate of drug-likeness (QED) is 0.772. The molecular weight excluding hydrogens is 316 g/mol. The molecule has 1 fully saturated rings. The van der Waals surface area contributed by atoms with Crippen LogP contribution in [0.15, 0.2) is 36.8 Å². The van der Waals surface area contributed by atoms with Crippen molar-refractivity contribution < 1.29 is 4.79 Å². The Balaban J connectivity index is 1.32. The highest BCUT2D eigenvalue weighted by molar-refractivity contribution is 6.00. The summed E-state index contributed by atoms with van der Waals surface area (Å²) in [6.07, 6.45) is 7.41. The van der Waals surface area contributed by atoms with E-state index in [-0.39, 0.29) is 5.91 Å². The number of aromatic nitrogens is 4. The maximum Gasteiger partial charge on any atom is 0.257 e. The molecule has 7 nitrogen and oxygen atoms in total. The first-order valence-electron chi connectivity index (χ1n) is 8.79. The van der Waals surface area contributed by atoms with Crippen LogP contribution in [0.4, 0.5) is 0 Å². The molecule has 0 unspecified atom stereocenters. The maximum absolute atomic E-state index is 12.9. The summed E-state index contributed by atoms with van der Waals surface area (Å²) in [7, 11) is 0. The predicted octanol–water partition coefficient (Wildman–Crippen LogP) is 1.61. The summed E-state index contributed by atoms with van der Waals surface area (Å²) in [4.78, 5) is 14.8. The van der Waals surface area contributed by atoms with Crippen molar-refractivity contribution in [3.05, 3.63) is 53.6 Å². The van der Waals surface area contributed by atoms with E-state index in [9.17, 15) is 4.79 Å². The van der Waals surface area contributed by atoms with Crippen molar-refractivity contribution in [2.45, 2.75) is 32.0 Å². The summed E-state index contributed by atoms with van der Waals surface area (Å²) in [5, 5.41) is 12.2. The molecule has 2 aliphatic heterocycles. The smallest absolute Gasteiger partial charge is 0.257 e. The first-order chi connectivity index (χ1) is 12.3. The molecule has 5 heterocycles. The van der Waals surface area contributed by atoms with Crippen LogP contribution in [0.3, 0.4) is 0 Å². The Labute approximate surface area is 145 Å². The molecule has 0 bridgehead atoms. The Morgan fingerprint density at radius 2 is 2.00 bits per heavy atom. The Kier molecular flexibility index (Phi) is 3.34. The predicted molar refractivity (Wildman–Crippen MR) is 92.1 cm³/mol. The number of nitrogens with zero attached hydrogens (tertiary/aromatic N) is 5. The fourth-order valence-corrected chi connectivity index (χ4v) is 3.98. The van der Waals surface area contributed by atoms with Crippen molar-refractivity contribution in [2.75, 3.05) is 13.1 Å². The van der Waals surface area contributed by atoms with E-state index in [1.54, 1.807) is 10.7 Å². The molecule has 25 heavy (non-hydrogen) atoms. The Morgan fingerprint density at radius 1 is 1.12 bits per heavy atom. The van der Waals surface area contributed by atoms with Crippen molar-refractivity contribution in [1.82, 2.24) is 29.6 Å². The van der Waals surface area contributed by atoms with Gasteiger partial charge in [0.25, 0.3) is 5.91 Å². The molecule has 0 saturated carbocycles. The van der Waals surface area contributed by atoms with Crippen LogP contribution in [-0.2, 0) is 13.1 Å². The minimum absolute atomic E-state index is 0.0759. The lowest BCUT2D eigenvalue weighted by Crippen LogP contribution is -2.39. The van der Waals surface area contributed by atoms with Gasteiger partial charge in [-0.15, -0.1) is 0 Å². The average molecular weight is 336 g/mol. The standard InChI is InChI=1S/C18H20N6O/c25-18(15-11-20-23-6-2-1-3-16(15)23)22-7-4-14(5-8-22)24-17-12-19-9-13(17)10-21-24/h1-3,6,10-11,14,19H,4-5,7-9,12H2. The van der Waals surface area contributed by atoms with E-state index in [1.165, 1.54) is 11.3 Å². The van der Waals surface area contributed by atoms with Crippen LogP contribution in [0, 0.1) is 0 Å². The monoisotopic (exact) mass is 336 g/mol. The summed E-state index contributed by atoms with van der Waals surface area (Å²) in [6, 6.07) is 6.17. The van der Waals surface area contributed by atoms with Gasteiger partial charge in [0.1, 0.15) is 0 Å². The lowest BCUT2D eigenvalue weighted by atomic mass is 10.0. The molecular formula is C18H20N6O. The number of rotatable bonds is 2. The van der Waals surface area contributed by atoms with Crippen LogP contribution in [0.5, 0.6) is 0 Å². The van der Waals surface area contributed by atoms with Crippen LogP contribution in [0.1, 0.15) is 40.5 Å². The van der Waals surface area contributed by atoms with Crippen molar-refractivity contribution in [3.63, 3.8) is 0 Å².